The zero-order valence-corrected chi connectivity index (χ0v) is 22.7. The third-order valence-corrected chi connectivity index (χ3v) is 6.74. The van der Waals surface area contributed by atoms with Crippen LogP contribution in [0.15, 0.2) is 48.0 Å². The van der Waals surface area contributed by atoms with Crippen LogP contribution in [0.3, 0.4) is 0 Å². The van der Waals surface area contributed by atoms with Crippen molar-refractivity contribution < 1.29 is 28.6 Å². The van der Waals surface area contributed by atoms with E-state index in [0.717, 1.165) is 22.6 Å². The fourth-order valence-corrected chi connectivity index (χ4v) is 4.78. The van der Waals surface area contributed by atoms with E-state index < -0.39 is 17.8 Å². The molecule has 3 aromatic rings. The Bertz CT molecular complexity index is 1520. The molecule has 1 aliphatic heterocycles. The number of thiocarbonyl (C=S) groups is 1. The van der Waals surface area contributed by atoms with Crippen molar-refractivity contribution >= 4 is 46.9 Å². The zero-order chi connectivity index (χ0) is 27.7. The van der Waals surface area contributed by atoms with Crippen LogP contribution in [0.5, 0.6) is 11.5 Å². The van der Waals surface area contributed by atoms with Gasteiger partial charge in [-0.2, -0.15) is 0 Å². The number of anilines is 1. The minimum Gasteiger partial charge on any atom is -0.497 e. The van der Waals surface area contributed by atoms with E-state index in [2.05, 4.69) is 5.32 Å². The van der Waals surface area contributed by atoms with Gasteiger partial charge < -0.3 is 18.8 Å². The summed E-state index contributed by atoms with van der Waals surface area (Å²) in [7, 11) is 4.33. The topological polar surface area (TPSA) is 99.1 Å². The third kappa shape index (κ3) is 4.54. The average molecular weight is 534 g/mol. The minimum atomic E-state index is -0.600. The van der Waals surface area contributed by atoms with E-state index in [4.69, 9.17) is 26.4 Å². The Morgan fingerprint density at radius 2 is 1.71 bits per heavy atom. The molecule has 10 heteroatoms. The Kier molecular flexibility index (Phi) is 7.36. The molecule has 0 bridgehead atoms. The van der Waals surface area contributed by atoms with Gasteiger partial charge in [-0.15, -0.1) is 0 Å². The van der Waals surface area contributed by atoms with E-state index in [1.165, 1.54) is 26.2 Å². The zero-order valence-electron chi connectivity index (χ0n) is 21.9. The number of nitrogens with one attached hydrogen (secondary N) is 1. The van der Waals surface area contributed by atoms with Gasteiger partial charge >= 0.3 is 5.97 Å². The predicted molar refractivity (Wildman–Crippen MR) is 147 cm³/mol. The van der Waals surface area contributed by atoms with Crippen molar-refractivity contribution in [2.75, 3.05) is 26.2 Å². The van der Waals surface area contributed by atoms with E-state index in [-0.39, 0.29) is 10.7 Å². The van der Waals surface area contributed by atoms with Gasteiger partial charge in [0, 0.05) is 23.1 Å². The van der Waals surface area contributed by atoms with Crippen LogP contribution in [0.2, 0.25) is 0 Å². The molecule has 0 atom stereocenters. The van der Waals surface area contributed by atoms with Crippen molar-refractivity contribution in [1.29, 1.82) is 0 Å². The number of esters is 1. The number of nitrogens with zero attached hydrogens (tertiary/aromatic N) is 2. The third-order valence-electron chi connectivity index (χ3n) is 6.45. The highest BCUT2D eigenvalue weighted by Crippen LogP contribution is 2.35. The smallest absolute Gasteiger partial charge is 0.338 e. The summed E-state index contributed by atoms with van der Waals surface area (Å²) in [6.45, 7) is 5.63. The van der Waals surface area contributed by atoms with Crippen LogP contribution >= 0.6 is 12.2 Å². The van der Waals surface area contributed by atoms with Crippen LogP contribution in [0.1, 0.15) is 32.9 Å². The Morgan fingerprint density at radius 3 is 2.37 bits per heavy atom. The van der Waals surface area contributed by atoms with Gasteiger partial charge in [-0.3, -0.25) is 14.9 Å². The van der Waals surface area contributed by atoms with E-state index >= 15 is 0 Å². The largest absolute Gasteiger partial charge is 0.497 e. The lowest BCUT2D eigenvalue weighted by atomic mass is 10.1. The molecular formula is C28H27N3O6S. The minimum absolute atomic E-state index is 0.0543. The summed E-state index contributed by atoms with van der Waals surface area (Å²) in [4.78, 5) is 40.0. The standard InChI is InChI=1S/C28H27N3O6S/c1-15-12-18(17(3)30(15)22-9-7-8-20(16(22)2)27(34)37-6)13-21-25(32)29-28(38)31(26(21)33)23-11-10-19(35-4)14-24(23)36-5/h7-14H,1-6H3,(H,29,32,38)/b21-13+. The second-order valence-electron chi connectivity index (χ2n) is 8.60. The maximum atomic E-state index is 13.6. The number of aromatic nitrogens is 1. The molecule has 9 nitrogen and oxygen atoms in total. The van der Waals surface area contributed by atoms with Crippen molar-refractivity contribution in [3.05, 3.63) is 76.1 Å². The maximum absolute atomic E-state index is 13.6. The molecule has 1 aliphatic rings. The van der Waals surface area contributed by atoms with E-state index in [1.54, 1.807) is 36.4 Å². The number of carbonyl (C=O) groups is 3. The van der Waals surface area contributed by atoms with Crippen molar-refractivity contribution in [2.45, 2.75) is 20.8 Å². The summed E-state index contributed by atoms with van der Waals surface area (Å²) >= 11 is 5.34. The van der Waals surface area contributed by atoms with Crippen molar-refractivity contribution in [3.63, 3.8) is 0 Å². The van der Waals surface area contributed by atoms with Crippen molar-refractivity contribution in [1.82, 2.24) is 9.88 Å². The lowest BCUT2D eigenvalue weighted by molar-refractivity contribution is -0.122. The highest BCUT2D eigenvalue weighted by atomic mass is 32.1. The van der Waals surface area contributed by atoms with E-state index in [9.17, 15) is 14.4 Å². The summed E-state index contributed by atoms with van der Waals surface area (Å²) < 4.78 is 17.6. The highest BCUT2D eigenvalue weighted by Gasteiger charge is 2.36. The summed E-state index contributed by atoms with van der Waals surface area (Å²) in [5, 5.41) is 2.55. The van der Waals surface area contributed by atoms with Crippen molar-refractivity contribution in [3.8, 4) is 17.2 Å². The number of rotatable bonds is 6. The summed E-state index contributed by atoms with van der Waals surface area (Å²) in [6, 6.07) is 12.2. The molecular weight excluding hydrogens is 506 g/mol. The van der Waals surface area contributed by atoms with Gasteiger partial charge in [0.2, 0.25) is 0 Å². The molecule has 0 saturated carbocycles. The maximum Gasteiger partial charge on any atom is 0.338 e. The Hall–Kier alpha value is -4.44. The van der Waals surface area contributed by atoms with Crippen LogP contribution in [0.4, 0.5) is 5.69 Å². The molecule has 2 heterocycles. The molecule has 0 spiro atoms. The predicted octanol–water partition coefficient (Wildman–Crippen LogP) is 4.04. The molecule has 1 fully saturated rings. The Morgan fingerprint density at radius 1 is 0.974 bits per heavy atom. The quantitative estimate of drug-likeness (QED) is 0.221. The number of hydrogen-bond acceptors (Lipinski definition) is 7. The Balaban J connectivity index is 1.79. The first-order valence-corrected chi connectivity index (χ1v) is 12.0. The van der Waals surface area contributed by atoms with Crippen molar-refractivity contribution in [2.24, 2.45) is 0 Å². The number of methoxy groups -OCH3 is 3. The molecule has 4 rings (SSSR count). The van der Waals surface area contributed by atoms with Gasteiger partial charge in [-0.25, -0.2) is 9.69 Å². The molecule has 38 heavy (non-hydrogen) atoms. The number of ether oxygens (including phenoxy) is 3. The number of benzene rings is 2. The Labute approximate surface area is 225 Å². The van der Waals surface area contributed by atoms with Gasteiger partial charge in [0.15, 0.2) is 5.11 Å². The fourth-order valence-electron chi connectivity index (χ4n) is 4.50. The number of hydrogen-bond donors (Lipinski definition) is 1. The van der Waals surface area contributed by atoms with E-state index in [1.807, 2.05) is 37.5 Å². The normalized spacial score (nSPS) is 14.5. The second kappa shape index (κ2) is 10.5. The lowest BCUT2D eigenvalue weighted by Crippen LogP contribution is -2.54. The number of carbonyl (C=O) groups excluding carboxylic acids is 3. The van der Waals surface area contributed by atoms with Crippen LogP contribution in [-0.4, -0.2) is 48.8 Å². The average Bonchev–Trinajstić information content (AvgIpc) is 3.18. The fraction of sp³-hybridized carbons (Fsp3) is 0.214. The molecule has 2 aromatic carbocycles. The molecule has 0 unspecified atom stereocenters. The second-order valence-corrected chi connectivity index (χ2v) is 8.99. The first kappa shape index (κ1) is 26.6. The number of amides is 2. The summed E-state index contributed by atoms with van der Waals surface area (Å²) in [6.07, 6.45) is 1.54. The molecule has 2 amide bonds. The highest BCUT2D eigenvalue weighted by molar-refractivity contribution is 7.80. The van der Waals surface area contributed by atoms with Crippen LogP contribution in [0, 0.1) is 20.8 Å². The van der Waals surface area contributed by atoms with Gasteiger partial charge in [0.1, 0.15) is 17.1 Å². The summed E-state index contributed by atoms with van der Waals surface area (Å²) in [5.74, 6) is -0.716. The lowest BCUT2D eigenvalue weighted by Gasteiger charge is -2.30. The molecule has 0 radical (unpaired) electrons. The van der Waals surface area contributed by atoms with Crippen LogP contribution < -0.4 is 19.7 Å². The van der Waals surface area contributed by atoms with Gasteiger partial charge in [0.25, 0.3) is 11.8 Å². The molecule has 1 N–H and O–H groups in total. The van der Waals surface area contributed by atoms with Crippen LogP contribution in [0.25, 0.3) is 11.8 Å². The number of aryl methyl sites for hydroxylation is 1. The molecule has 1 saturated heterocycles. The monoisotopic (exact) mass is 533 g/mol. The molecule has 0 aliphatic carbocycles. The van der Waals surface area contributed by atoms with Gasteiger partial charge in [-0.1, -0.05) is 6.07 Å². The van der Waals surface area contributed by atoms with Crippen LogP contribution in [-0.2, 0) is 14.3 Å². The van der Waals surface area contributed by atoms with E-state index in [0.29, 0.717) is 28.3 Å². The SMILES string of the molecule is COC(=O)c1cccc(-n2c(C)cc(/C=C3\C(=O)NC(=S)N(c4ccc(OC)cc4OC)C3=O)c2C)c1C. The molecule has 1 aromatic heterocycles. The summed E-state index contributed by atoms with van der Waals surface area (Å²) in [5.41, 5.74) is 4.57. The first-order valence-electron chi connectivity index (χ1n) is 11.6. The first-order chi connectivity index (χ1) is 18.1. The van der Waals surface area contributed by atoms with Gasteiger partial charge in [0.05, 0.1) is 32.6 Å². The van der Waals surface area contributed by atoms with Gasteiger partial charge in [-0.05, 0) is 80.5 Å². The molecule has 196 valence electrons.